The quantitative estimate of drug-likeness (QED) is 0.0795. The molecular weight excluding hydrogens is 618 g/mol. The van der Waals surface area contributed by atoms with Crippen LogP contribution < -0.4 is 44.8 Å². The topological polar surface area (TPSA) is 138 Å². The number of fused-ring (bicyclic) bond motifs is 1. The Hall–Kier alpha value is -5.65. The van der Waals surface area contributed by atoms with E-state index in [1.54, 1.807) is 42.5 Å². The van der Waals surface area contributed by atoms with E-state index in [0.29, 0.717) is 50.8 Å². The van der Waals surface area contributed by atoms with Gasteiger partial charge in [0.25, 0.3) is 11.8 Å². The molecule has 0 aliphatic heterocycles. The standard InChI is InChI=1S/C36H41N3O9/c1-8-39(9-2)25-12-10-24-19-27(36(42)48-29(24)21-25)35(41)38-15-14-37-34(40)26(23-11-13-28(43-3)30(20-23)44-4)16-22-17-31(45-5)33(47-7)32(18-22)46-6/h10-13,16-21H,8-9,14-15H2,1-7H3,(H,37,40)(H,38,41)/b26-16+. The molecule has 1 aromatic heterocycles. The summed E-state index contributed by atoms with van der Waals surface area (Å²) in [4.78, 5) is 41.5. The summed E-state index contributed by atoms with van der Waals surface area (Å²) in [6.07, 6.45) is 1.67. The van der Waals surface area contributed by atoms with Crippen LogP contribution in [0, 0.1) is 0 Å². The van der Waals surface area contributed by atoms with Gasteiger partial charge in [-0.2, -0.15) is 0 Å². The van der Waals surface area contributed by atoms with Crippen LogP contribution in [0.5, 0.6) is 28.7 Å². The van der Waals surface area contributed by atoms with Gasteiger partial charge in [0.15, 0.2) is 23.0 Å². The Labute approximate surface area is 279 Å². The summed E-state index contributed by atoms with van der Waals surface area (Å²) in [6, 6.07) is 15.6. The van der Waals surface area contributed by atoms with E-state index >= 15 is 0 Å². The second-order valence-electron chi connectivity index (χ2n) is 10.4. The summed E-state index contributed by atoms with van der Waals surface area (Å²) >= 11 is 0. The molecule has 254 valence electrons. The Kier molecular flexibility index (Phi) is 11.9. The van der Waals surface area contributed by atoms with E-state index in [2.05, 4.69) is 15.5 Å². The number of rotatable bonds is 15. The van der Waals surface area contributed by atoms with Gasteiger partial charge in [0.2, 0.25) is 5.75 Å². The monoisotopic (exact) mass is 659 g/mol. The lowest BCUT2D eigenvalue weighted by atomic mass is 10.0. The van der Waals surface area contributed by atoms with Crippen LogP contribution in [0.3, 0.4) is 0 Å². The first-order chi connectivity index (χ1) is 23.2. The largest absolute Gasteiger partial charge is 0.493 e. The highest BCUT2D eigenvalue weighted by Crippen LogP contribution is 2.39. The summed E-state index contributed by atoms with van der Waals surface area (Å²) in [6.45, 7) is 5.81. The van der Waals surface area contributed by atoms with Crippen molar-refractivity contribution in [1.29, 1.82) is 0 Å². The van der Waals surface area contributed by atoms with Gasteiger partial charge in [0.1, 0.15) is 11.1 Å². The molecule has 0 saturated heterocycles. The number of nitrogens with one attached hydrogen (secondary N) is 2. The number of carbonyl (C=O) groups is 2. The molecule has 48 heavy (non-hydrogen) atoms. The average Bonchev–Trinajstić information content (AvgIpc) is 3.11. The molecule has 12 heteroatoms. The minimum atomic E-state index is -0.746. The Bertz CT molecular complexity index is 1840. The molecule has 3 aromatic carbocycles. The highest BCUT2D eigenvalue weighted by atomic mass is 16.5. The maximum Gasteiger partial charge on any atom is 0.349 e. The molecule has 12 nitrogen and oxygen atoms in total. The minimum absolute atomic E-state index is 0.0480. The fraction of sp³-hybridized carbons (Fsp3) is 0.306. The number of nitrogens with zero attached hydrogens (tertiary/aromatic N) is 1. The van der Waals surface area contributed by atoms with Gasteiger partial charge < -0.3 is 43.6 Å². The number of amides is 2. The van der Waals surface area contributed by atoms with E-state index in [0.717, 1.165) is 18.8 Å². The van der Waals surface area contributed by atoms with Crippen LogP contribution in [0.2, 0.25) is 0 Å². The molecule has 0 aliphatic carbocycles. The van der Waals surface area contributed by atoms with Gasteiger partial charge in [-0.05, 0) is 73.5 Å². The Morgan fingerprint density at radius 2 is 1.40 bits per heavy atom. The summed E-state index contributed by atoms with van der Waals surface area (Å²) in [5, 5.41) is 6.15. The van der Waals surface area contributed by atoms with Gasteiger partial charge in [0.05, 0.1) is 35.5 Å². The molecule has 0 unspecified atom stereocenters. The van der Waals surface area contributed by atoms with Crippen molar-refractivity contribution in [2.24, 2.45) is 0 Å². The molecule has 2 amide bonds. The van der Waals surface area contributed by atoms with Crippen molar-refractivity contribution in [3.8, 4) is 28.7 Å². The fourth-order valence-electron chi connectivity index (χ4n) is 5.22. The van der Waals surface area contributed by atoms with Crippen LogP contribution in [-0.4, -0.2) is 73.5 Å². The molecule has 4 aromatic rings. The van der Waals surface area contributed by atoms with Crippen molar-refractivity contribution < 1.29 is 37.7 Å². The molecule has 4 rings (SSSR count). The van der Waals surface area contributed by atoms with Gasteiger partial charge in [-0.25, -0.2) is 4.79 Å². The Morgan fingerprint density at radius 3 is 2.00 bits per heavy atom. The maximum atomic E-state index is 13.6. The van der Waals surface area contributed by atoms with E-state index in [9.17, 15) is 14.4 Å². The number of carbonyl (C=O) groups excluding carboxylic acids is 2. The summed E-state index contributed by atoms with van der Waals surface area (Å²) in [5.41, 5.74) is 1.88. The predicted molar refractivity (Wildman–Crippen MR) is 185 cm³/mol. The second kappa shape index (κ2) is 16.3. The SMILES string of the molecule is CCN(CC)c1ccc2cc(C(=O)NCCNC(=O)/C(=C/c3cc(OC)c(OC)c(OC)c3)c3ccc(OC)c(OC)c3)c(=O)oc2c1. The first-order valence-corrected chi connectivity index (χ1v) is 15.3. The lowest BCUT2D eigenvalue weighted by molar-refractivity contribution is -0.115. The van der Waals surface area contributed by atoms with Crippen LogP contribution in [0.1, 0.15) is 35.3 Å². The van der Waals surface area contributed by atoms with E-state index in [4.69, 9.17) is 28.1 Å². The van der Waals surface area contributed by atoms with Crippen LogP contribution >= 0.6 is 0 Å². The zero-order chi connectivity index (χ0) is 34.8. The number of anilines is 1. The van der Waals surface area contributed by atoms with Crippen molar-refractivity contribution in [2.45, 2.75) is 13.8 Å². The third kappa shape index (κ3) is 7.83. The molecular formula is C36H41N3O9. The molecule has 0 radical (unpaired) electrons. The third-order valence-corrected chi connectivity index (χ3v) is 7.73. The highest BCUT2D eigenvalue weighted by molar-refractivity contribution is 6.24. The lowest BCUT2D eigenvalue weighted by Gasteiger charge is -2.21. The van der Waals surface area contributed by atoms with Crippen LogP contribution in [0.4, 0.5) is 5.69 Å². The van der Waals surface area contributed by atoms with Crippen molar-refractivity contribution in [1.82, 2.24) is 10.6 Å². The number of benzene rings is 3. The maximum absolute atomic E-state index is 13.6. The molecule has 0 atom stereocenters. The summed E-state index contributed by atoms with van der Waals surface area (Å²) < 4.78 is 32.7. The molecule has 0 aliphatic rings. The minimum Gasteiger partial charge on any atom is -0.493 e. The van der Waals surface area contributed by atoms with Crippen molar-refractivity contribution in [3.05, 3.63) is 81.7 Å². The molecule has 0 saturated carbocycles. The molecule has 0 spiro atoms. The van der Waals surface area contributed by atoms with Crippen LogP contribution in [0.25, 0.3) is 22.6 Å². The summed E-state index contributed by atoms with van der Waals surface area (Å²) in [5.74, 6) is 1.14. The van der Waals surface area contributed by atoms with E-state index in [1.165, 1.54) is 41.6 Å². The van der Waals surface area contributed by atoms with E-state index in [-0.39, 0.29) is 24.2 Å². The van der Waals surface area contributed by atoms with Gasteiger partial charge >= 0.3 is 5.63 Å². The number of hydrogen-bond donors (Lipinski definition) is 2. The number of ether oxygens (including phenoxy) is 5. The van der Waals surface area contributed by atoms with Crippen LogP contribution in [-0.2, 0) is 4.79 Å². The molecule has 1 heterocycles. The molecule has 0 bridgehead atoms. The van der Waals surface area contributed by atoms with Gasteiger partial charge in [-0.3, -0.25) is 9.59 Å². The van der Waals surface area contributed by atoms with Gasteiger partial charge in [-0.1, -0.05) is 6.07 Å². The average molecular weight is 660 g/mol. The molecule has 0 fully saturated rings. The first-order valence-electron chi connectivity index (χ1n) is 15.3. The lowest BCUT2D eigenvalue weighted by Crippen LogP contribution is -2.36. The van der Waals surface area contributed by atoms with Crippen molar-refractivity contribution in [3.63, 3.8) is 0 Å². The van der Waals surface area contributed by atoms with E-state index < -0.39 is 17.4 Å². The van der Waals surface area contributed by atoms with Crippen molar-refractivity contribution >= 4 is 40.1 Å². The normalized spacial score (nSPS) is 11.1. The van der Waals surface area contributed by atoms with Gasteiger partial charge in [0, 0.05) is 48.9 Å². The number of hydrogen-bond acceptors (Lipinski definition) is 10. The molecule has 2 N–H and O–H groups in total. The fourth-order valence-corrected chi connectivity index (χ4v) is 5.22. The summed E-state index contributed by atoms with van der Waals surface area (Å²) in [7, 11) is 7.55. The zero-order valence-corrected chi connectivity index (χ0v) is 28.2. The first kappa shape index (κ1) is 35.2. The zero-order valence-electron chi connectivity index (χ0n) is 28.2. The third-order valence-electron chi connectivity index (χ3n) is 7.73. The highest BCUT2D eigenvalue weighted by Gasteiger charge is 2.19. The Morgan fingerprint density at radius 1 is 0.750 bits per heavy atom. The second-order valence-corrected chi connectivity index (χ2v) is 10.4. The van der Waals surface area contributed by atoms with Crippen LogP contribution in [0.15, 0.2) is 63.8 Å². The smallest absolute Gasteiger partial charge is 0.349 e. The van der Waals surface area contributed by atoms with E-state index in [1.807, 2.05) is 26.0 Å². The number of methoxy groups -OCH3 is 5. The Balaban J connectivity index is 1.54. The predicted octanol–water partition coefficient (Wildman–Crippen LogP) is 4.77. The van der Waals surface area contributed by atoms with Gasteiger partial charge in [-0.15, -0.1) is 0 Å². The van der Waals surface area contributed by atoms with Crippen molar-refractivity contribution in [2.75, 3.05) is 66.6 Å².